The third kappa shape index (κ3) is 2.94. The van der Waals surface area contributed by atoms with Crippen LogP contribution >= 0.6 is 23.5 Å². The van der Waals surface area contributed by atoms with Crippen LogP contribution in [0.25, 0.3) is 0 Å². The van der Waals surface area contributed by atoms with Crippen LogP contribution < -0.4 is 4.72 Å². The Labute approximate surface area is 113 Å². The molecular formula is C12H9ClN2O2S. The van der Waals surface area contributed by atoms with E-state index in [0.29, 0.717) is 9.92 Å². The number of para-hydroxylation sites is 2. The van der Waals surface area contributed by atoms with E-state index in [1.807, 2.05) is 18.2 Å². The summed E-state index contributed by atoms with van der Waals surface area (Å²) in [5, 5.41) is 11.4. The van der Waals surface area contributed by atoms with Crippen LogP contribution in [0.15, 0.2) is 53.4 Å². The van der Waals surface area contributed by atoms with Crippen LogP contribution in [0.5, 0.6) is 0 Å². The van der Waals surface area contributed by atoms with Crippen molar-refractivity contribution in [3.63, 3.8) is 0 Å². The molecule has 18 heavy (non-hydrogen) atoms. The number of hydrogen-bond acceptors (Lipinski definition) is 4. The van der Waals surface area contributed by atoms with Crippen molar-refractivity contribution in [3.05, 3.63) is 63.7 Å². The maximum Gasteiger partial charge on any atom is 0.284 e. The Hall–Kier alpha value is -1.72. The third-order valence-electron chi connectivity index (χ3n) is 2.21. The van der Waals surface area contributed by atoms with E-state index in [4.69, 9.17) is 11.6 Å². The second-order valence-electron chi connectivity index (χ2n) is 3.41. The lowest BCUT2D eigenvalue weighted by molar-refractivity contribution is -0.387. The van der Waals surface area contributed by atoms with Gasteiger partial charge in [-0.2, -0.15) is 0 Å². The Morgan fingerprint density at radius 1 is 1.11 bits per heavy atom. The van der Waals surface area contributed by atoms with E-state index in [1.54, 1.807) is 24.3 Å². The number of anilines is 1. The topological polar surface area (TPSA) is 55.2 Å². The zero-order valence-corrected chi connectivity index (χ0v) is 10.7. The van der Waals surface area contributed by atoms with Crippen LogP contribution in [0.1, 0.15) is 0 Å². The highest BCUT2D eigenvalue weighted by atomic mass is 35.5. The van der Waals surface area contributed by atoms with E-state index in [-0.39, 0.29) is 5.69 Å². The number of halogens is 1. The molecule has 92 valence electrons. The Morgan fingerprint density at radius 2 is 1.78 bits per heavy atom. The zero-order valence-electron chi connectivity index (χ0n) is 9.17. The van der Waals surface area contributed by atoms with Gasteiger partial charge in [0.05, 0.1) is 15.6 Å². The summed E-state index contributed by atoms with van der Waals surface area (Å²) >= 11 is 7.15. The first-order chi connectivity index (χ1) is 8.68. The van der Waals surface area contributed by atoms with Crippen molar-refractivity contribution in [2.45, 2.75) is 4.90 Å². The first kappa shape index (κ1) is 12.7. The highest BCUT2D eigenvalue weighted by Gasteiger charge is 2.13. The fourth-order valence-electron chi connectivity index (χ4n) is 1.35. The molecule has 0 saturated carbocycles. The van der Waals surface area contributed by atoms with E-state index in [9.17, 15) is 10.1 Å². The summed E-state index contributed by atoms with van der Waals surface area (Å²) in [5.74, 6) is 0. The molecule has 2 rings (SSSR count). The van der Waals surface area contributed by atoms with Crippen molar-refractivity contribution in [2.24, 2.45) is 0 Å². The molecule has 0 aliphatic carbocycles. The van der Waals surface area contributed by atoms with Gasteiger partial charge in [0.2, 0.25) is 0 Å². The average Bonchev–Trinajstić information content (AvgIpc) is 2.38. The number of hydrogen-bond donors (Lipinski definition) is 1. The second-order valence-corrected chi connectivity index (χ2v) is 4.66. The quantitative estimate of drug-likeness (QED) is 0.513. The van der Waals surface area contributed by atoms with Gasteiger partial charge >= 0.3 is 0 Å². The standard InChI is InChI=1S/C12H9ClN2O2S/c13-9-5-1-2-6-10(9)14-18-12-8-4-3-7-11(12)15(16)17/h1-8,14H. The molecule has 6 heteroatoms. The lowest BCUT2D eigenvalue weighted by Gasteiger charge is -2.07. The van der Waals surface area contributed by atoms with Gasteiger partial charge < -0.3 is 4.72 Å². The van der Waals surface area contributed by atoms with Gasteiger partial charge in [-0.3, -0.25) is 10.1 Å². The lowest BCUT2D eigenvalue weighted by Crippen LogP contribution is -1.93. The minimum Gasteiger partial charge on any atom is -0.324 e. The van der Waals surface area contributed by atoms with Crippen LogP contribution in [-0.2, 0) is 0 Å². The third-order valence-corrected chi connectivity index (χ3v) is 3.42. The number of rotatable bonds is 4. The molecule has 0 bridgehead atoms. The molecule has 0 aliphatic rings. The molecule has 0 fully saturated rings. The van der Waals surface area contributed by atoms with Crippen molar-refractivity contribution >= 4 is 34.9 Å². The predicted molar refractivity (Wildman–Crippen MR) is 74.0 cm³/mol. The Balaban J connectivity index is 2.16. The SMILES string of the molecule is O=[N+]([O-])c1ccccc1SNc1ccccc1Cl. The van der Waals surface area contributed by atoms with Gasteiger partial charge in [0.1, 0.15) is 4.90 Å². The summed E-state index contributed by atoms with van der Waals surface area (Å²) in [6, 6.07) is 13.8. The van der Waals surface area contributed by atoms with Gasteiger partial charge in [-0.25, -0.2) is 0 Å². The summed E-state index contributed by atoms with van der Waals surface area (Å²) in [5.41, 5.74) is 0.796. The number of benzene rings is 2. The van der Waals surface area contributed by atoms with E-state index in [1.165, 1.54) is 18.0 Å². The van der Waals surface area contributed by atoms with Gasteiger partial charge in [0.15, 0.2) is 0 Å². The van der Waals surface area contributed by atoms with Crippen LogP contribution in [0, 0.1) is 10.1 Å². The molecule has 0 spiro atoms. The van der Waals surface area contributed by atoms with Gasteiger partial charge in [-0.1, -0.05) is 35.9 Å². The smallest absolute Gasteiger partial charge is 0.284 e. The summed E-state index contributed by atoms with van der Waals surface area (Å²) in [6.07, 6.45) is 0. The first-order valence-corrected chi connectivity index (χ1v) is 6.29. The van der Waals surface area contributed by atoms with Gasteiger partial charge in [0.25, 0.3) is 5.69 Å². The fourth-order valence-corrected chi connectivity index (χ4v) is 2.38. The van der Waals surface area contributed by atoms with Crippen molar-refractivity contribution in [2.75, 3.05) is 4.72 Å². The molecule has 0 amide bonds. The van der Waals surface area contributed by atoms with Crippen molar-refractivity contribution in [3.8, 4) is 0 Å². The Morgan fingerprint density at radius 3 is 2.50 bits per heavy atom. The van der Waals surface area contributed by atoms with Gasteiger partial charge in [-0.15, -0.1) is 0 Å². The van der Waals surface area contributed by atoms with Crippen LogP contribution in [0.3, 0.4) is 0 Å². The van der Waals surface area contributed by atoms with Crippen molar-refractivity contribution in [1.82, 2.24) is 0 Å². The van der Waals surface area contributed by atoms with E-state index in [2.05, 4.69) is 4.72 Å². The highest BCUT2D eigenvalue weighted by Crippen LogP contribution is 2.31. The highest BCUT2D eigenvalue weighted by molar-refractivity contribution is 8.00. The molecule has 0 unspecified atom stereocenters. The minimum absolute atomic E-state index is 0.0713. The number of nitrogens with zero attached hydrogens (tertiary/aromatic N) is 1. The monoisotopic (exact) mass is 280 g/mol. The summed E-state index contributed by atoms with van der Waals surface area (Å²) < 4.78 is 3.00. The molecule has 0 atom stereocenters. The predicted octanol–water partition coefficient (Wildman–Crippen LogP) is 4.37. The minimum atomic E-state index is -0.406. The molecule has 2 aromatic carbocycles. The molecule has 1 N–H and O–H groups in total. The van der Waals surface area contributed by atoms with E-state index in [0.717, 1.165) is 5.69 Å². The molecule has 4 nitrogen and oxygen atoms in total. The number of nitro benzene ring substituents is 1. The van der Waals surface area contributed by atoms with Gasteiger partial charge in [0, 0.05) is 6.07 Å². The van der Waals surface area contributed by atoms with Crippen LogP contribution in [0.4, 0.5) is 11.4 Å². The molecule has 2 aromatic rings. The summed E-state index contributed by atoms with van der Waals surface area (Å²) in [6.45, 7) is 0. The molecule has 0 aliphatic heterocycles. The largest absolute Gasteiger partial charge is 0.324 e. The van der Waals surface area contributed by atoms with Gasteiger partial charge in [-0.05, 0) is 30.1 Å². The average molecular weight is 281 g/mol. The molecule has 0 saturated heterocycles. The van der Waals surface area contributed by atoms with Crippen molar-refractivity contribution < 1.29 is 4.92 Å². The molecule has 0 radical (unpaired) electrons. The number of nitrogens with one attached hydrogen (secondary N) is 1. The maximum atomic E-state index is 10.8. The molecular weight excluding hydrogens is 272 g/mol. The van der Waals surface area contributed by atoms with Crippen molar-refractivity contribution in [1.29, 1.82) is 0 Å². The van der Waals surface area contributed by atoms with Crippen LogP contribution in [-0.4, -0.2) is 4.92 Å². The lowest BCUT2D eigenvalue weighted by atomic mass is 10.3. The van der Waals surface area contributed by atoms with Crippen LogP contribution in [0.2, 0.25) is 5.02 Å². The fraction of sp³-hybridized carbons (Fsp3) is 0. The summed E-state index contributed by atoms with van der Waals surface area (Å²) in [4.78, 5) is 11.0. The normalized spacial score (nSPS) is 10.1. The summed E-state index contributed by atoms with van der Waals surface area (Å²) in [7, 11) is 0. The Kier molecular flexibility index (Phi) is 4.07. The zero-order chi connectivity index (χ0) is 13.0. The van der Waals surface area contributed by atoms with E-state index >= 15 is 0 Å². The number of nitro groups is 1. The Bertz CT molecular complexity index is 578. The molecule has 0 heterocycles. The maximum absolute atomic E-state index is 10.8. The van der Waals surface area contributed by atoms with E-state index < -0.39 is 4.92 Å². The molecule has 0 aromatic heterocycles. The second kappa shape index (κ2) is 5.75. The first-order valence-electron chi connectivity index (χ1n) is 5.09.